The van der Waals surface area contributed by atoms with E-state index in [4.69, 9.17) is 32.2 Å². The van der Waals surface area contributed by atoms with Crippen molar-refractivity contribution < 1.29 is 14.6 Å². The van der Waals surface area contributed by atoms with Crippen molar-refractivity contribution in [1.29, 1.82) is 0 Å². The second-order valence-corrected chi connectivity index (χ2v) is 9.71. The van der Waals surface area contributed by atoms with Gasteiger partial charge in [0.05, 0.1) is 5.71 Å². The lowest BCUT2D eigenvalue weighted by atomic mass is 9.78. The van der Waals surface area contributed by atoms with E-state index in [0.29, 0.717) is 46.6 Å². The number of anilines is 1. The van der Waals surface area contributed by atoms with Crippen LogP contribution in [0.2, 0.25) is 5.02 Å². The molecule has 0 radical (unpaired) electrons. The molecule has 2 aliphatic rings. The van der Waals surface area contributed by atoms with Crippen LogP contribution in [0.3, 0.4) is 0 Å². The lowest BCUT2D eigenvalue weighted by molar-refractivity contribution is -0.124. The molecule has 0 bridgehead atoms. The first kappa shape index (κ1) is 23.4. The number of amides is 1. The van der Waals surface area contributed by atoms with Crippen molar-refractivity contribution in [2.75, 3.05) is 18.9 Å². The molecule has 8 nitrogen and oxygen atoms in total. The van der Waals surface area contributed by atoms with Gasteiger partial charge in [0.2, 0.25) is 11.8 Å². The van der Waals surface area contributed by atoms with Gasteiger partial charge < -0.3 is 20.9 Å². The molecule has 1 aliphatic carbocycles. The Labute approximate surface area is 198 Å². The Morgan fingerprint density at radius 1 is 1.27 bits per heavy atom. The van der Waals surface area contributed by atoms with Crippen LogP contribution in [0.4, 0.5) is 11.5 Å². The number of hydrogen-bond donors (Lipinski definition) is 3. The van der Waals surface area contributed by atoms with Gasteiger partial charge in [-0.2, -0.15) is 4.98 Å². The molecule has 9 heteroatoms. The number of nitrogen functional groups attached to an aromatic ring is 1. The van der Waals surface area contributed by atoms with E-state index in [0.717, 1.165) is 42.5 Å². The second-order valence-electron chi connectivity index (χ2n) is 9.30. The fourth-order valence-electron chi connectivity index (χ4n) is 4.68. The molecule has 1 saturated carbocycles. The Balaban J connectivity index is 1.52. The molecule has 1 fully saturated rings. The van der Waals surface area contributed by atoms with Crippen LogP contribution in [-0.2, 0) is 4.79 Å². The number of hydrogen-bond acceptors (Lipinski definition) is 7. The van der Waals surface area contributed by atoms with E-state index >= 15 is 0 Å². The maximum Gasteiger partial charge on any atom is 0.246 e. The molecule has 1 aliphatic heterocycles. The zero-order chi connectivity index (χ0) is 23.8. The van der Waals surface area contributed by atoms with E-state index in [-0.39, 0.29) is 5.91 Å². The quantitative estimate of drug-likeness (QED) is 0.611. The molecular formula is C24H30ClN5O3. The van der Waals surface area contributed by atoms with Gasteiger partial charge in [-0.05, 0) is 69.9 Å². The Bertz CT molecular complexity index is 1090. The number of halogens is 1. The maximum absolute atomic E-state index is 11.3. The van der Waals surface area contributed by atoms with Crippen LogP contribution in [0, 0.1) is 12.8 Å². The largest absolute Gasteiger partial charge is 0.463 e. The third kappa shape index (κ3) is 4.96. The van der Waals surface area contributed by atoms with Gasteiger partial charge in [0, 0.05) is 17.1 Å². The first-order valence-corrected chi connectivity index (χ1v) is 11.7. The molecule has 0 saturated heterocycles. The van der Waals surface area contributed by atoms with Crippen LogP contribution in [0.1, 0.15) is 62.4 Å². The van der Waals surface area contributed by atoms with Gasteiger partial charge in [0.25, 0.3) is 0 Å². The molecule has 4 N–H and O–H groups in total. The summed E-state index contributed by atoms with van der Waals surface area (Å²) in [6, 6.07) is 6.07. The Kier molecular flexibility index (Phi) is 6.59. The van der Waals surface area contributed by atoms with Crippen LogP contribution >= 0.6 is 11.6 Å². The number of ether oxygens (including phenoxy) is 1. The molecule has 1 amide bonds. The molecule has 176 valence electrons. The fourth-order valence-corrected chi connectivity index (χ4v) is 5.02. The first-order valence-electron chi connectivity index (χ1n) is 11.3. The third-order valence-corrected chi connectivity index (χ3v) is 6.76. The average Bonchev–Trinajstić information content (AvgIpc) is 2.76. The highest BCUT2D eigenvalue weighted by Gasteiger charge is 2.36. The van der Waals surface area contributed by atoms with Gasteiger partial charge in [0.15, 0.2) is 11.5 Å². The predicted molar refractivity (Wildman–Crippen MR) is 128 cm³/mol. The lowest BCUT2D eigenvalue weighted by Gasteiger charge is -2.33. The Morgan fingerprint density at radius 3 is 2.67 bits per heavy atom. The van der Waals surface area contributed by atoms with Crippen molar-refractivity contribution in [3.63, 3.8) is 0 Å². The van der Waals surface area contributed by atoms with Gasteiger partial charge in [-0.1, -0.05) is 23.7 Å². The second kappa shape index (κ2) is 9.27. The summed E-state index contributed by atoms with van der Waals surface area (Å²) in [7, 11) is 0. The molecule has 0 atom stereocenters. The van der Waals surface area contributed by atoms with Gasteiger partial charge in [-0.15, -0.1) is 0 Å². The summed E-state index contributed by atoms with van der Waals surface area (Å²) in [5.74, 6) is 1.71. The Hall–Kier alpha value is -2.71. The van der Waals surface area contributed by atoms with Crippen molar-refractivity contribution in [3.05, 3.63) is 40.2 Å². The van der Waals surface area contributed by atoms with E-state index in [1.807, 2.05) is 26.0 Å². The molecule has 2 aromatic rings. The summed E-state index contributed by atoms with van der Waals surface area (Å²) in [5.41, 5.74) is 8.55. The number of fused-ring (bicyclic) bond motifs is 1. The number of nitrogens with one attached hydrogen (secondary N) is 1. The minimum absolute atomic E-state index is 0.292. The number of nitrogens with zero attached hydrogens (tertiary/aromatic N) is 3. The van der Waals surface area contributed by atoms with E-state index in [2.05, 4.69) is 21.4 Å². The standard InChI is InChI=1S/C24H30ClN5O3/c1-13-28-22(26)20-23(29-13)33-24(2,3)21(30-20)16-8-9-17(18(25)10-16)15-6-4-14(5-7-15)11-27-19(32)12-31/h8-10,14-15,31H,4-7,11-12H2,1-3H3,(H,27,32)(H2,26,28,29)/t14-,15-. The minimum Gasteiger partial charge on any atom is -0.463 e. The number of aromatic nitrogens is 2. The van der Waals surface area contributed by atoms with Crippen molar-refractivity contribution >= 4 is 34.7 Å². The first-order chi connectivity index (χ1) is 15.7. The van der Waals surface area contributed by atoms with Gasteiger partial charge >= 0.3 is 0 Å². The van der Waals surface area contributed by atoms with Crippen LogP contribution in [0.5, 0.6) is 5.88 Å². The lowest BCUT2D eigenvalue weighted by Crippen LogP contribution is -2.41. The van der Waals surface area contributed by atoms with Crippen LogP contribution < -0.4 is 15.8 Å². The maximum atomic E-state index is 11.3. The number of carbonyl (C=O) groups is 1. The monoisotopic (exact) mass is 471 g/mol. The molecule has 33 heavy (non-hydrogen) atoms. The predicted octanol–water partition coefficient (Wildman–Crippen LogP) is 3.69. The highest BCUT2D eigenvalue weighted by molar-refractivity contribution is 6.32. The SMILES string of the molecule is Cc1nc(N)c2c(n1)OC(C)(C)C(c1ccc([C@H]3CC[C@H](CNC(=O)CO)CC3)c(Cl)c1)=N2. The number of benzene rings is 1. The highest BCUT2D eigenvalue weighted by Crippen LogP contribution is 2.42. The molecule has 4 rings (SSSR count). The molecule has 2 heterocycles. The Morgan fingerprint density at radius 2 is 2.00 bits per heavy atom. The number of carbonyl (C=O) groups excluding carboxylic acids is 1. The molecular weight excluding hydrogens is 442 g/mol. The number of aliphatic imine (C=N–C) groups is 1. The van der Waals surface area contributed by atoms with Gasteiger partial charge in [-0.3, -0.25) is 4.79 Å². The van der Waals surface area contributed by atoms with Crippen molar-refractivity contribution in [2.45, 2.75) is 58.0 Å². The molecule has 1 aromatic carbocycles. The van der Waals surface area contributed by atoms with Gasteiger partial charge in [0.1, 0.15) is 18.0 Å². The third-order valence-electron chi connectivity index (χ3n) is 6.43. The molecule has 0 unspecified atom stereocenters. The van der Waals surface area contributed by atoms with Crippen LogP contribution in [0.15, 0.2) is 23.2 Å². The summed E-state index contributed by atoms with van der Waals surface area (Å²) < 4.78 is 6.14. The van der Waals surface area contributed by atoms with Crippen LogP contribution in [0.25, 0.3) is 0 Å². The summed E-state index contributed by atoms with van der Waals surface area (Å²) in [6.45, 7) is 5.81. The van der Waals surface area contributed by atoms with Gasteiger partial charge in [-0.25, -0.2) is 9.98 Å². The summed E-state index contributed by atoms with van der Waals surface area (Å²) in [4.78, 5) is 24.6. The number of nitrogens with two attached hydrogens (primary N) is 1. The summed E-state index contributed by atoms with van der Waals surface area (Å²) in [5, 5.41) is 12.3. The summed E-state index contributed by atoms with van der Waals surface area (Å²) >= 11 is 6.76. The fraction of sp³-hybridized carbons (Fsp3) is 0.500. The number of rotatable bonds is 5. The van der Waals surface area contributed by atoms with E-state index < -0.39 is 12.2 Å². The van der Waals surface area contributed by atoms with E-state index in [9.17, 15) is 4.79 Å². The summed E-state index contributed by atoms with van der Waals surface area (Å²) in [6.07, 6.45) is 4.04. The number of aliphatic hydroxyl groups excluding tert-OH is 1. The highest BCUT2D eigenvalue weighted by atomic mass is 35.5. The van der Waals surface area contributed by atoms with Crippen LogP contribution in [-0.4, -0.2) is 45.4 Å². The smallest absolute Gasteiger partial charge is 0.246 e. The average molecular weight is 472 g/mol. The number of aryl methyl sites for hydroxylation is 1. The van der Waals surface area contributed by atoms with Crippen molar-refractivity contribution in [1.82, 2.24) is 15.3 Å². The molecule has 1 aromatic heterocycles. The van der Waals surface area contributed by atoms with Crippen molar-refractivity contribution in [2.24, 2.45) is 10.9 Å². The topological polar surface area (TPSA) is 123 Å². The zero-order valence-electron chi connectivity index (χ0n) is 19.2. The normalized spacial score (nSPS) is 21.5. The molecule has 0 spiro atoms. The van der Waals surface area contributed by atoms with Crippen molar-refractivity contribution in [3.8, 4) is 5.88 Å². The number of aliphatic hydroxyl groups is 1. The minimum atomic E-state index is -0.706. The van der Waals surface area contributed by atoms with E-state index in [1.54, 1.807) is 6.92 Å². The zero-order valence-corrected chi connectivity index (χ0v) is 19.9. The van der Waals surface area contributed by atoms with E-state index in [1.165, 1.54) is 0 Å².